The molecule has 0 spiro atoms. The second-order valence-electron chi connectivity index (χ2n) is 8.56. The molecule has 2 aromatic heterocycles. The molecular weight excluding hydrogens is 420 g/mol. The van der Waals surface area contributed by atoms with E-state index in [9.17, 15) is 0 Å². The van der Waals surface area contributed by atoms with Crippen LogP contribution in [0.1, 0.15) is 22.3 Å². The highest BCUT2D eigenvalue weighted by atomic mass is 16.4. The molecule has 0 aliphatic rings. The lowest BCUT2D eigenvalue weighted by atomic mass is 10.1. The average Bonchev–Trinajstić information content (AvgIpc) is 3.47. The molecule has 4 aromatic carbocycles. The number of aryl methyl sites for hydroxylation is 2. The predicted octanol–water partition coefficient (Wildman–Crippen LogP) is 8.09. The maximum absolute atomic E-state index is 5.93. The van der Waals surface area contributed by atoms with Crippen molar-refractivity contribution in [3.05, 3.63) is 107 Å². The lowest BCUT2D eigenvalue weighted by molar-refractivity contribution is 0.619. The van der Waals surface area contributed by atoms with E-state index >= 15 is 0 Å². The van der Waals surface area contributed by atoms with E-state index in [0.29, 0.717) is 11.8 Å². The zero-order valence-corrected chi connectivity index (χ0v) is 18.9. The summed E-state index contributed by atoms with van der Waals surface area (Å²) in [5.74, 6) is 1.28. The lowest BCUT2D eigenvalue weighted by Crippen LogP contribution is -1.79. The number of hydrogen-bond acceptors (Lipinski definition) is 4. The van der Waals surface area contributed by atoms with Crippen molar-refractivity contribution in [2.24, 2.45) is 0 Å². The molecule has 0 amide bonds. The van der Waals surface area contributed by atoms with Crippen LogP contribution in [0.25, 0.3) is 57.3 Å². The lowest BCUT2D eigenvalue weighted by Gasteiger charge is -1.99. The topological polar surface area (TPSA) is 52.1 Å². The van der Waals surface area contributed by atoms with Gasteiger partial charge in [0.05, 0.1) is 0 Å². The van der Waals surface area contributed by atoms with Crippen molar-refractivity contribution in [1.82, 2.24) is 9.97 Å². The molecule has 0 radical (unpaired) electrons. The minimum atomic E-state index is 0.640. The number of nitrogens with zero attached hydrogens (tertiary/aromatic N) is 2. The molecule has 0 unspecified atom stereocenters. The zero-order valence-electron chi connectivity index (χ0n) is 18.9. The monoisotopic (exact) mass is 442 g/mol. The van der Waals surface area contributed by atoms with Crippen LogP contribution in [0.2, 0.25) is 0 Å². The molecule has 0 fully saturated rings. The Morgan fingerprint density at radius 1 is 0.529 bits per heavy atom. The molecular formula is C30H22N2O2. The molecule has 4 nitrogen and oxygen atoms in total. The fourth-order valence-corrected chi connectivity index (χ4v) is 3.98. The van der Waals surface area contributed by atoms with Crippen LogP contribution in [-0.4, -0.2) is 9.97 Å². The molecule has 164 valence electrons. The van der Waals surface area contributed by atoms with Gasteiger partial charge in [-0.3, -0.25) is 0 Å². The normalized spacial score (nSPS) is 11.7. The number of benzene rings is 4. The summed E-state index contributed by atoms with van der Waals surface area (Å²) in [6.07, 6.45) is 4.19. The Morgan fingerprint density at radius 2 is 0.941 bits per heavy atom. The summed E-state index contributed by atoms with van der Waals surface area (Å²) in [7, 11) is 0. The molecule has 0 saturated carbocycles. The van der Waals surface area contributed by atoms with Crippen LogP contribution < -0.4 is 0 Å². The molecule has 0 atom stereocenters. The Balaban J connectivity index is 1.18. The summed E-state index contributed by atoms with van der Waals surface area (Å²) in [6.45, 7) is 4.10. The van der Waals surface area contributed by atoms with Crippen molar-refractivity contribution in [2.45, 2.75) is 13.8 Å². The van der Waals surface area contributed by atoms with Crippen LogP contribution in [-0.2, 0) is 0 Å². The van der Waals surface area contributed by atoms with Crippen molar-refractivity contribution in [3.8, 4) is 22.9 Å². The summed E-state index contributed by atoms with van der Waals surface area (Å²) in [4.78, 5) is 9.20. The molecule has 2 heterocycles. The summed E-state index contributed by atoms with van der Waals surface area (Å²) in [5.41, 5.74) is 9.84. The summed E-state index contributed by atoms with van der Waals surface area (Å²) >= 11 is 0. The Morgan fingerprint density at radius 3 is 1.35 bits per heavy atom. The smallest absolute Gasteiger partial charge is 0.227 e. The molecule has 4 heteroatoms. The van der Waals surface area contributed by atoms with Gasteiger partial charge in [-0.05, 0) is 84.6 Å². The van der Waals surface area contributed by atoms with Gasteiger partial charge in [-0.15, -0.1) is 0 Å². The van der Waals surface area contributed by atoms with Crippen LogP contribution in [0.5, 0.6) is 0 Å². The van der Waals surface area contributed by atoms with Crippen molar-refractivity contribution < 1.29 is 8.83 Å². The van der Waals surface area contributed by atoms with E-state index in [2.05, 4.69) is 46.4 Å². The quantitative estimate of drug-likeness (QED) is 0.259. The first-order chi connectivity index (χ1) is 16.6. The van der Waals surface area contributed by atoms with Crippen LogP contribution in [0.15, 0.2) is 93.8 Å². The van der Waals surface area contributed by atoms with E-state index < -0.39 is 0 Å². The van der Waals surface area contributed by atoms with Crippen LogP contribution in [0.3, 0.4) is 0 Å². The maximum atomic E-state index is 5.93. The average molecular weight is 443 g/mol. The highest BCUT2D eigenvalue weighted by molar-refractivity contribution is 5.79. The van der Waals surface area contributed by atoms with Gasteiger partial charge in [0.2, 0.25) is 11.8 Å². The third kappa shape index (κ3) is 3.90. The number of oxazole rings is 2. The Hall–Kier alpha value is -4.44. The number of rotatable bonds is 4. The van der Waals surface area contributed by atoms with Gasteiger partial charge in [0, 0.05) is 11.1 Å². The van der Waals surface area contributed by atoms with E-state index in [-0.39, 0.29) is 0 Å². The largest absolute Gasteiger partial charge is 0.436 e. The third-order valence-electron chi connectivity index (χ3n) is 5.87. The minimum Gasteiger partial charge on any atom is -0.436 e. The first-order valence-corrected chi connectivity index (χ1v) is 11.2. The summed E-state index contributed by atoms with van der Waals surface area (Å²) in [5, 5.41) is 0. The van der Waals surface area contributed by atoms with Crippen LogP contribution in [0.4, 0.5) is 0 Å². The molecule has 0 aliphatic heterocycles. The van der Waals surface area contributed by atoms with E-state index in [1.54, 1.807) is 0 Å². The van der Waals surface area contributed by atoms with Crippen molar-refractivity contribution in [2.75, 3.05) is 0 Å². The second kappa shape index (κ2) is 8.16. The first kappa shape index (κ1) is 20.2. The molecule has 34 heavy (non-hydrogen) atoms. The van der Waals surface area contributed by atoms with Gasteiger partial charge < -0.3 is 8.83 Å². The molecule has 0 bridgehead atoms. The van der Waals surface area contributed by atoms with Gasteiger partial charge in [-0.1, -0.05) is 48.6 Å². The molecule has 0 N–H and O–H groups in total. The Labute approximate surface area is 197 Å². The van der Waals surface area contributed by atoms with Crippen LogP contribution in [0, 0.1) is 13.8 Å². The number of hydrogen-bond donors (Lipinski definition) is 0. The van der Waals surface area contributed by atoms with Crippen molar-refractivity contribution in [3.63, 3.8) is 0 Å². The Kier molecular flexibility index (Phi) is 4.84. The first-order valence-electron chi connectivity index (χ1n) is 11.2. The highest BCUT2D eigenvalue weighted by Gasteiger charge is 2.09. The zero-order chi connectivity index (χ0) is 23.1. The fraction of sp³-hybridized carbons (Fsp3) is 0.0667. The van der Waals surface area contributed by atoms with Gasteiger partial charge >= 0.3 is 0 Å². The predicted molar refractivity (Wildman–Crippen MR) is 137 cm³/mol. The number of aromatic nitrogens is 2. The van der Waals surface area contributed by atoms with E-state index in [1.807, 2.05) is 74.5 Å². The molecule has 6 rings (SSSR count). The number of fused-ring (bicyclic) bond motifs is 2. The molecule has 6 aromatic rings. The SMILES string of the molecule is Cc1ccc2nc(-c3ccc(/C=C/c4ccc(-c5nc6ccc(C)cc6o5)cc4)cc3)oc2c1. The third-order valence-corrected chi connectivity index (χ3v) is 5.87. The van der Waals surface area contributed by atoms with Gasteiger partial charge in [0.1, 0.15) is 11.0 Å². The van der Waals surface area contributed by atoms with Crippen LogP contribution >= 0.6 is 0 Å². The standard InChI is InChI=1S/C30H22N2O2/c1-19-3-15-25-27(17-19)33-29(31-25)23-11-7-21(8-12-23)5-6-22-9-13-24(14-10-22)30-32-26-16-4-20(2)18-28(26)34-30/h3-18H,1-2H3/b6-5+. The van der Waals surface area contributed by atoms with E-state index in [4.69, 9.17) is 8.83 Å². The molecule has 0 aliphatic carbocycles. The summed E-state index contributed by atoms with van der Waals surface area (Å²) < 4.78 is 11.9. The highest BCUT2D eigenvalue weighted by Crippen LogP contribution is 2.27. The van der Waals surface area contributed by atoms with Crippen molar-refractivity contribution >= 4 is 34.4 Å². The van der Waals surface area contributed by atoms with E-state index in [1.165, 1.54) is 0 Å². The molecule has 0 saturated heterocycles. The Bertz CT molecular complexity index is 1530. The van der Waals surface area contributed by atoms with Gasteiger partial charge in [-0.2, -0.15) is 0 Å². The van der Waals surface area contributed by atoms with Gasteiger partial charge in [0.15, 0.2) is 11.2 Å². The van der Waals surface area contributed by atoms with Crippen molar-refractivity contribution in [1.29, 1.82) is 0 Å². The van der Waals surface area contributed by atoms with E-state index in [0.717, 1.165) is 55.6 Å². The van der Waals surface area contributed by atoms with Gasteiger partial charge in [-0.25, -0.2) is 9.97 Å². The maximum Gasteiger partial charge on any atom is 0.227 e. The second-order valence-corrected chi connectivity index (χ2v) is 8.56. The fourth-order valence-electron chi connectivity index (χ4n) is 3.98. The minimum absolute atomic E-state index is 0.640. The van der Waals surface area contributed by atoms with Gasteiger partial charge in [0.25, 0.3) is 0 Å². The summed E-state index contributed by atoms with van der Waals surface area (Å²) in [6, 6.07) is 28.5.